The van der Waals surface area contributed by atoms with Crippen molar-refractivity contribution >= 4 is 23.3 Å². The zero-order chi connectivity index (χ0) is 21.1. The van der Waals surface area contributed by atoms with E-state index in [9.17, 15) is 14.4 Å². The molecular formula is C18H20N6O5. The van der Waals surface area contributed by atoms with Gasteiger partial charge in [0.2, 0.25) is 0 Å². The molecule has 2 heterocycles. The molecule has 152 valence electrons. The van der Waals surface area contributed by atoms with Crippen LogP contribution in [0.2, 0.25) is 0 Å². The van der Waals surface area contributed by atoms with Crippen molar-refractivity contribution in [3.8, 4) is 11.5 Å². The van der Waals surface area contributed by atoms with Crippen molar-refractivity contribution in [3.63, 3.8) is 0 Å². The first-order valence-electron chi connectivity index (χ1n) is 8.52. The lowest BCUT2D eigenvalue weighted by Gasteiger charge is -2.08. The molecular weight excluding hydrogens is 380 g/mol. The molecule has 0 fully saturated rings. The molecule has 0 aliphatic heterocycles. The van der Waals surface area contributed by atoms with Crippen molar-refractivity contribution in [2.45, 2.75) is 6.54 Å². The van der Waals surface area contributed by atoms with Gasteiger partial charge in [0.15, 0.2) is 5.52 Å². The number of fused-ring (bicyclic) bond motifs is 1. The summed E-state index contributed by atoms with van der Waals surface area (Å²) in [4.78, 5) is 40.6. The van der Waals surface area contributed by atoms with Crippen molar-refractivity contribution in [2.75, 3.05) is 14.2 Å². The fourth-order valence-electron chi connectivity index (χ4n) is 2.86. The number of nitrogens with zero attached hydrogens (tertiary/aromatic N) is 5. The fourth-order valence-corrected chi connectivity index (χ4v) is 2.86. The highest BCUT2D eigenvalue weighted by atomic mass is 16.5. The minimum absolute atomic E-state index is 0.104. The van der Waals surface area contributed by atoms with Crippen LogP contribution in [0.3, 0.4) is 0 Å². The average Bonchev–Trinajstić information content (AvgIpc) is 3.14. The van der Waals surface area contributed by atoms with Crippen LogP contribution in [0.15, 0.2) is 39.2 Å². The molecule has 11 heteroatoms. The lowest BCUT2D eigenvalue weighted by Crippen LogP contribution is -2.37. The number of hydrazone groups is 1. The van der Waals surface area contributed by atoms with Gasteiger partial charge >= 0.3 is 5.69 Å². The van der Waals surface area contributed by atoms with Gasteiger partial charge in [-0.2, -0.15) is 5.10 Å². The highest BCUT2D eigenvalue weighted by Gasteiger charge is 2.15. The van der Waals surface area contributed by atoms with Crippen LogP contribution in [0.4, 0.5) is 0 Å². The highest BCUT2D eigenvalue weighted by Crippen LogP contribution is 2.22. The molecule has 1 amide bonds. The summed E-state index contributed by atoms with van der Waals surface area (Å²) in [5, 5.41) is 3.93. The monoisotopic (exact) mass is 400 g/mol. The van der Waals surface area contributed by atoms with Crippen molar-refractivity contribution in [1.29, 1.82) is 0 Å². The van der Waals surface area contributed by atoms with Crippen LogP contribution in [0.1, 0.15) is 5.56 Å². The number of hydrogen-bond donors (Lipinski definition) is 1. The number of aromatic nitrogens is 4. The molecule has 0 radical (unpaired) electrons. The molecule has 29 heavy (non-hydrogen) atoms. The van der Waals surface area contributed by atoms with E-state index in [1.807, 2.05) is 0 Å². The van der Waals surface area contributed by atoms with Gasteiger partial charge in [-0.3, -0.25) is 18.7 Å². The summed E-state index contributed by atoms with van der Waals surface area (Å²) in [5.74, 6) is 0.719. The third-order valence-corrected chi connectivity index (χ3v) is 4.35. The van der Waals surface area contributed by atoms with E-state index in [4.69, 9.17) is 9.47 Å². The topological polar surface area (TPSA) is 122 Å². The van der Waals surface area contributed by atoms with Crippen LogP contribution in [0, 0.1) is 0 Å². The largest absolute Gasteiger partial charge is 0.497 e. The molecule has 0 aliphatic carbocycles. The minimum Gasteiger partial charge on any atom is -0.497 e. The van der Waals surface area contributed by atoms with E-state index in [1.165, 1.54) is 42.9 Å². The van der Waals surface area contributed by atoms with E-state index >= 15 is 0 Å². The predicted molar refractivity (Wildman–Crippen MR) is 105 cm³/mol. The second kappa shape index (κ2) is 8.00. The molecule has 0 saturated heterocycles. The van der Waals surface area contributed by atoms with Crippen molar-refractivity contribution in [3.05, 3.63) is 50.9 Å². The van der Waals surface area contributed by atoms with Crippen LogP contribution in [0.25, 0.3) is 11.2 Å². The van der Waals surface area contributed by atoms with E-state index < -0.39 is 17.2 Å². The quantitative estimate of drug-likeness (QED) is 0.444. The average molecular weight is 400 g/mol. The van der Waals surface area contributed by atoms with Crippen molar-refractivity contribution in [1.82, 2.24) is 24.1 Å². The lowest BCUT2D eigenvalue weighted by molar-refractivity contribution is -0.121. The zero-order valence-electron chi connectivity index (χ0n) is 16.4. The number of methoxy groups -OCH3 is 2. The highest BCUT2D eigenvalue weighted by molar-refractivity contribution is 5.86. The Bertz CT molecular complexity index is 1220. The number of benzene rings is 1. The Morgan fingerprint density at radius 1 is 1.21 bits per heavy atom. The van der Waals surface area contributed by atoms with Gasteiger partial charge in [0, 0.05) is 19.7 Å². The minimum atomic E-state index is -0.523. The number of nitrogens with one attached hydrogen (secondary N) is 1. The van der Waals surface area contributed by atoms with E-state index in [0.29, 0.717) is 17.1 Å². The van der Waals surface area contributed by atoms with Gasteiger partial charge in [-0.05, 0) is 18.2 Å². The Balaban J connectivity index is 1.80. The van der Waals surface area contributed by atoms with E-state index in [2.05, 4.69) is 15.5 Å². The summed E-state index contributed by atoms with van der Waals surface area (Å²) in [6, 6.07) is 5.18. The molecule has 0 atom stereocenters. The Hall–Kier alpha value is -3.89. The summed E-state index contributed by atoms with van der Waals surface area (Å²) in [6.07, 6.45) is 2.76. The lowest BCUT2D eigenvalue weighted by atomic mass is 10.2. The Kier molecular flexibility index (Phi) is 5.48. The number of carbonyl (C=O) groups excluding carboxylic acids is 1. The van der Waals surface area contributed by atoms with E-state index in [-0.39, 0.29) is 17.7 Å². The Morgan fingerprint density at radius 3 is 2.66 bits per heavy atom. The molecule has 11 nitrogen and oxygen atoms in total. The number of ether oxygens (including phenoxy) is 2. The summed E-state index contributed by atoms with van der Waals surface area (Å²) in [7, 11) is 5.95. The molecule has 0 saturated carbocycles. The normalized spacial score (nSPS) is 11.2. The van der Waals surface area contributed by atoms with Gasteiger partial charge in [-0.25, -0.2) is 15.2 Å². The third-order valence-electron chi connectivity index (χ3n) is 4.35. The maximum Gasteiger partial charge on any atom is 0.332 e. The van der Waals surface area contributed by atoms with Crippen LogP contribution < -0.4 is 26.1 Å². The third kappa shape index (κ3) is 3.74. The first-order chi connectivity index (χ1) is 13.9. The number of amides is 1. The molecule has 3 aromatic rings. The number of rotatable bonds is 6. The standard InChI is InChI=1S/C18H20N6O5/c1-22-16-15(17(26)23(2)18(22)27)19-10-24(16)9-14(25)21-20-8-11-7-12(28-3)5-6-13(11)29-4/h5-8,10H,9H2,1-4H3,(H,21,25)/b20-8-. The maximum atomic E-state index is 12.3. The van der Waals surface area contributed by atoms with Gasteiger partial charge in [0.1, 0.15) is 23.7 Å². The van der Waals surface area contributed by atoms with Gasteiger partial charge in [0.25, 0.3) is 11.5 Å². The molecule has 2 aromatic heterocycles. The van der Waals surface area contributed by atoms with Crippen molar-refractivity contribution < 1.29 is 14.3 Å². The summed E-state index contributed by atoms with van der Waals surface area (Å²) < 4.78 is 14.0. The Labute approximate surface area is 164 Å². The molecule has 0 aliphatic rings. The van der Waals surface area contributed by atoms with Gasteiger partial charge in [-0.15, -0.1) is 0 Å². The van der Waals surface area contributed by atoms with Gasteiger partial charge in [0.05, 0.1) is 26.8 Å². The van der Waals surface area contributed by atoms with Crippen LogP contribution in [0.5, 0.6) is 11.5 Å². The number of aryl methyl sites for hydroxylation is 1. The first-order valence-corrected chi connectivity index (χ1v) is 8.52. The van der Waals surface area contributed by atoms with Crippen molar-refractivity contribution in [2.24, 2.45) is 19.2 Å². The van der Waals surface area contributed by atoms with Crippen LogP contribution >= 0.6 is 0 Å². The van der Waals surface area contributed by atoms with Crippen LogP contribution in [-0.4, -0.2) is 45.0 Å². The van der Waals surface area contributed by atoms with E-state index in [1.54, 1.807) is 25.3 Å². The van der Waals surface area contributed by atoms with Gasteiger partial charge < -0.3 is 14.0 Å². The molecule has 3 rings (SSSR count). The molecule has 1 N–H and O–H groups in total. The smallest absolute Gasteiger partial charge is 0.332 e. The maximum absolute atomic E-state index is 12.3. The predicted octanol–water partition coefficient (Wildman–Crippen LogP) is -0.399. The molecule has 0 spiro atoms. The second-order valence-electron chi connectivity index (χ2n) is 6.15. The number of hydrogen-bond acceptors (Lipinski definition) is 7. The summed E-state index contributed by atoms with van der Waals surface area (Å²) in [6.45, 7) is -0.177. The molecule has 0 unspecified atom stereocenters. The first kappa shape index (κ1) is 19.9. The van der Waals surface area contributed by atoms with E-state index in [0.717, 1.165) is 4.57 Å². The SMILES string of the molecule is COc1ccc(OC)c(/C=N\NC(=O)Cn2cnc3c(=O)n(C)c(=O)n(C)c32)c1. The Morgan fingerprint density at radius 2 is 1.97 bits per heavy atom. The van der Waals surface area contributed by atoms with Crippen LogP contribution in [-0.2, 0) is 25.4 Å². The zero-order valence-corrected chi connectivity index (χ0v) is 16.4. The molecule has 1 aromatic carbocycles. The second-order valence-corrected chi connectivity index (χ2v) is 6.15. The summed E-state index contributed by atoms with van der Waals surface area (Å²) in [5.41, 5.74) is 2.35. The van der Waals surface area contributed by atoms with Gasteiger partial charge in [-0.1, -0.05) is 0 Å². The summed E-state index contributed by atoms with van der Waals surface area (Å²) >= 11 is 0. The fraction of sp³-hybridized carbons (Fsp3) is 0.278. The molecule has 0 bridgehead atoms. The number of imidazole rings is 1. The number of carbonyl (C=O) groups is 1.